The van der Waals surface area contributed by atoms with E-state index in [9.17, 15) is 33.0 Å². The van der Waals surface area contributed by atoms with Crippen molar-refractivity contribution in [3.63, 3.8) is 0 Å². The number of carboxylic acid groups (broad SMARTS) is 1. The topological polar surface area (TPSA) is 142 Å². The van der Waals surface area contributed by atoms with E-state index in [0.717, 1.165) is 32.1 Å². The third kappa shape index (κ3) is 7.86. The second-order valence-corrected chi connectivity index (χ2v) is 13.4. The zero-order valence-electron chi connectivity index (χ0n) is 27.0. The van der Waals surface area contributed by atoms with Crippen LogP contribution >= 0.6 is 0 Å². The summed E-state index contributed by atoms with van der Waals surface area (Å²) in [5.74, 6) is -2.84. The summed E-state index contributed by atoms with van der Waals surface area (Å²) in [5.41, 5.74) is 5.73. The van der Waals surface area contributed by atoms with Crippen molar-refractivity contribution in [3.8, 4) is 28.0 Å². The highest BCUT2D eigenvalue weighted by Crippen LogP contribution is 2.29. The molecule has 0 unspecified atom stereocenters. The SMILES string of the molecule is COC(=O)c1ccc(-c2ccc(-c3ccc(CN(C(=O)CN(C)S(=O)(=O)c4ccc(C)cc4)c4ccc(C(=O)O)c(O)c4)cc3)cc2)cc1. The van der Waals surface area contributed by atoms with E-state index in [1.807, 2.05) is 67.6 Å². The maximum atomic E-state index is 13.7. The predicted octanol–water partition coefficient (Wildman–Crippen LogP) is 6.37. The number of methoxy groups -OCH3 is 1. The summed E-state index contributed by atoms with van der Waals surface area (Å²) in [4.78, 5) is 38.3. The Bertz CT molecular complexity index is 2090. The number of hydrogen-bond donors (Lipinski definition) is 2. The monoisotopic (exact) mass is 678 g/mol. The highest BCUT2D eigenvalue weighted by atomic mass is 32.2. The lowest BCUT2D eigenvalue weighted by atomic mass is 9.99. The van der Waals surface area contributed by atoms with Crippen LogP contribution in [0.15, 0.2) is 120 Å². The van der Waals surface area contributed by atoms with Crippen LogP contribution in [0.1, 0.15) is 31.8 Å². The maximum absolute atomic E-state index is 13.7. The molecule has 0 aliphatic carbocycles. The number of aromatic carboxylic acids is 1. The first kappa shape index (κ1) is 34.6. The first-order valence-corrected chi connectivity index (χ1v) is 16.6. The third-order valence-corrected chi connectivity index (χ3v) is 9.88. The molecule has 5 rings (SSSR count). The molecule has 11 heteroatoms. The number of ether oxygens (including phenoxy) is 1. The molecule has 250 valence electrons. The van der Waals surface area contributed by atoms with Crippen LogP contribution in [0.5, 0.6) is 5.75 Å². The zero-order valence-corrected chi connectivity index (χ0v) is 27.8. The molecule has 0 heterocycles. The normalized spacial score (nSPS) is 11.3. The number of hydrogen-bond acceptors (Lipinski definition) is 7. The molecule has 5 aromatic carbocycles. The lowest BCUT2D eigenvalue weighted by Gasteiger charge is -2.26. The summed E-state index contributed by atoms with van der Waals surface area (Å²) in [6.45, 7) is 1.35. The summed E-state index contributed by atoms with van der Waals surface area (Å²) in [6.07, 6.45) is 0. The molecular weight excluding hydrogens is 644 g/mol. The molecule has 0 aliphatic rings. The van der Waals surface area contributed by atoms with E-state index < -0.39 is 40.2 Å². The van der Waals surface area contributed by atoms with Gasteiger partial charge in [0.15, 0.2) is 0 Å². The van der Waals surface area contributed by atoms with Crippen LogP contribution in [0, 0.1) is 6.92 Å². The molecule has 10 nitrogen and oxygen atoms in total. The fraction of sp³-hybridized carbons (Fsp3) is 0.132. The molecule has 0 aromatic heterocycles. The molecule has 1 amide bonds. The summed E-state index contributed by atoms with van der Waals surface area (Å²) < 4.78 is 32.2. The fourth-order valence-electron chi connectivity index (χ4n) is 5.20. The predicted molar refractivity (Wildman–Crippen MR) is 186 cm³/mol. The van der Waals surface area contributed by atoms with Crippen LogP contribution in [0.3, 0.4) is 0 Å². The van der Waals surface area contributed by atoms with Gasteiger partial charge >= 0.3 is 11.9 Å². The van der Waals surface area contributed by atoms with Gasteiger partial charge in [0, 0.05) is 18.8 Å². The molecule has 0 fully saturated rings. The van der Waals surface area contributed by atoms with Gasteiger partial charge in [-0.2, -0.15) is 4.31 Å². The Kier molecular flexibility index (Phi) is 10.3. The molecule has 0 atom stereocenters. The van der Waals surface area contributed by atoms with E-state index in [2.05, 4.69) is 0 Å². The number of aryl methyl sites for hydroxylation is 1. The molecule has 0 saturated carbocycles. The summed E-state index contributed by atoms with van der Waals surface area (Å²) in [6, 6.07) is 32.6. The van der Waals surface area contributed by atoms with Gasteiger partial charge in [0.05, 0.1) is 30.7 Å². The Balaban J connectivity index is 1.36. The number of aromatic hydroxyl groups is 1. The van der Waals surface area contributed by atoms with Crippen molar-refractivity contribution in [2.45, 2.75) is 18.4 Å². The van der Waals surface area contributed by atoms with E-state index in [4.69, 9.17) is 4.74 Å². The van der Waals surface area contributed by atoms with Crippen LogP contribution in [0.2, 0.25) is 0 Å². The summed E-state index contributed by atoms with van der Waals surface area (Å²) >= 11 is 0. The number of carbonyl (C=O) groups excluding carboxylic acids is 2. The van der Waals surface area contributed by atoms with Gasteiger partial charge in [0.2, 0.25) is 15.9 Å². The van der Waals surface area contributed by atoms with Crippen LogP contribution in [-0.4, -0.2) is 61.5 Å². The molecule has 0 saturated heterocycles. The number of sulfonamides is 1. The number of amides is 1. The number of carbonyl (C=O) groups is 3. The summed E-state index contributed by atoms with van der Waals surface area (Å²) in [7, 11) is -1.34. The number of nitrogens with zero attached hydrogens (tertiary/aromatic N) is 2. The highest BCUT2D eigenvalue weighted by molar-refractivity contribution is 7.89. The van der Waals surface area contributed by atoms with E-state index in [-0.39, 0.29) is 22.7 Å². The van der Waals surface area contributed by atoms with Crippen LogP contribution in [-0.2, 0) is 26.1 Å². The quantitative estimate of drug-likeness (QED) is 0.154. The first-order valence-electron chi connectivity index (χ1n) is 15.1. The minimum absolute atomic E-state index is 0.0178. The molecule has 0 bridgehead atoms. The number of likely N-dealkylation sites (N-methyl/N-ethyl adjacent to an activating group) is 1. The van der Waals surface area contributed by atoms with E-state index >= 15 is 0 Å². The van der Waals surface area contributed by atoms with Crippen molar-refractivity contribution in [1.29, 1.82) is 0 Å². The molecule has 49 heavy (non-hydrogen) atoms. The Labute approximate surface area is 284 Å². The fourth-order valence-corrected chi connectivity index (χ4v) is 6.32. The van der Waals surface area contributed by atoms with Crippen LogP contribution < -0.4 is 4.90 Å². The van der Waals surface area contributed by atoms with Gasteiger partial charge < -0.3 is 19.8 Å². The lowest BCUT2D eigenvalue weighted by molar-refractivity contribution is -0.118. The number of benzene rings is 5. The smallest absolute Gasteiger partial charge is 0.339 e. The molecule has 5 aromatic rings. The molecule has 0 spiro atoms. The molecular formula is C38H34N2O8S. The van der Waals surface area contributed by atoms with Gasteiger partial charge in [-0.3, -0.25) is 4.79 Å². The number of phenols is 1. The van der Waals surface area contributed by atoms with E-state index in [1.54, 1.807) is 24.3 Å². The lowest BCUT2D eigenvalue weighted by Crippen LogP contribution is -2.41. The van der Waals surface area contributed by atoms with Gasteiger partial charge in [0.25, 0.3) is 0 Å². The van der Waals surface area contributed by atoms with Crippen molar-refractivity contribution >= 4 is 33.6 Å². The molecule has 2 N–H and O–H groups in total. The van der Waals surface area contributed by atoms with Gasteiger partial charge in [-0.1, -0.05) is 78.4 Å². The van der Waals surface area contributed by atoms with Crippen molar-refractivity contribution in [2.24, 2.45) is 0 Å². The van der Waals surface area contributed by atoms with Crippen LogP contribution in [0.4, 0.5) is 5.69 Å². The molecule has 0 radical (unpaired) electrons. The minimum Gasteiger partial charge on any atom is -0.507 e. The van der Waals surface area contributed by atoms with Crippen molar-refractivity contribution in [3.05, 3.63) is 138 Å². The van der Waals surface area contributed by atoms with E-state index in [1.165, 1.54) is 49.4 Å². The number of anilines is 1. The Morgan fingerprint density at radius 3 is 1.73 bits per heavy atom. The van der Waals surface area contributed by atoms with Crippen molar-refractivity contribution in [1.82, 2.24) is 4.31 Å². The number of rotatable bonds is 11. The largest absolute Gasteiger partial charge is 0.507 e. The molecule has 0 aliphatic heterocycles. The summed E-state index contributed by atoms with van der Waals surface area (Å²) in [5, 5.41) is 19.8. The van der Waals surface area contributed by atoms with Crippen molar-refractivity contribution in [2.75, 3.05) is 25.6 Å². The second-order valence-electron chi connectivity index (χ2n) is 11.4. The Hall–Kier alpha value is -5.78. The van der Waals surface area contributed by atoms with Gasteiger partial charge in [-0.05, 0) is 71.1 Å². The van der Waals surface area contributed by atoms with E-state index in [0.29, 0.717) is 11.1 Å². The zero-order chi connectivity index (χ0) is 35.3. The Morgan fingerprint density at radius 2 is 1.24 bits per heavy atom. The Morgan fingerprint density at radius 1 is 0.735 bits per heavy atom. The minimum atomic E-state index is -3.99. The van der Waals surface area contributed by atoms with Crippen LogP contribution in [0.25, 0.3) is 22.3 Å². The second kappa shape index (κ2) is 14.5. The first-order chi connectivity index (χ1) is 23.4. The third-order valence-electron chi connectivity index (χ3n) is 8.06. The average molecular weight is 679 g/mol. The maximum Gasteiger partial charge on any atom is 0.339 e. The number of carboxylic acids is 1. The van der Waals surface area contributed by atoms with Crippen molar-refractivity contribution < 1.29 is 37.8 Å². The van der Waals surface area contributed by atoms with Gasteiger partial charge in [-0.25, -0.2) is 18.0 Å². The van der Waals surface area contributed by atoms with Gasteiger partial charge in [0.1, 0.15) is 11.3 Å². The standard InChI is InChI=1S/C38H34N2O8S/c1-25-4-19-33(20-5-25)49(46,47)39(2)24-36(42)40(32-18-21-34(37(43)44)35(41)22-32)23-26-6-8-27(9-7-26)28-10-12-29(13-11-28)30-14-16-31(17-15-30)38(45)48-3/h4-22,41H,23-24H2,1-3H3,(H,43,44). The van der Waals surface area contributed by atoms with Gasteiger partial charge in [-0.15, -0.1) is 0 Å². The number of esters is 1. The highest BCUT2D eigenvalue weighted by Gasteiger charge is 2.27. The average Bonchev–Trinajstić information content (AvgIpc) is 3.10.